The molecule has 1 aromatic carbocycles. The predicted molar refractivity (Wildman–Crippen MR) is 105 cm³/mol. The number of para-hydroxylation sites is 1. The summed E-state index contributed by atoms with van der Waals surface area (Å²) in [5.41, 5.74) is 0.443. The van der Waals surface area contributed by atoms with Gasteiger partial charge in [0.25, 0.3) is 0 Å². The Kier molecular flexibility index (Phi) is 6.84. The number of aromatic nitrogens is 2. The molecule has 1 aliphatic rings. The van der Waals surface area contributed by atoms with Crippen LogP contribution in [0.1, 0.15) is 36.0 Å². The molecule has 0 radical (unpaired) electrons. The number of carbonyl (C=O) groups excluding carboxylic acids is 1. The fraction of sp³-hybridized carbons (Fsp3) is 0.381. The minimum absolute atomic E-state index is 0.0490. The Morgan fingerprint density at radius 2 is 1.64 bits per heavy atom. The lowest BCUT2D eigenvalue weighted by Crippen LogP contribution is -2.18. The number of likely N-dealkylation sites (tertiary alicyclic amines) is 1. The third-order valence-corrected chi connectivity index (χ3v) is 4.51. The van der Waals surface area contributed by atoms with Crippen LogP contribution in [0.2, 0.25) is 0 Å². The van der Waals surface area contributed by atoms with E-state index in [9.17, 15) is 4.79 Å². The van der Waals surface area contributed by atoms with E-state index < -0.39 is 0 Å². The van der Waals surface area contributed by atoms with E-state index in [-0.39, 0.29) is 11.8 Å². The molecule has 0 saturated carbocycles. The van der Waals surface area contributed by atoms with Crippen LogP contribution in [0.3, 0.4) is 0 Å². The molecule has 1 aliphatic heterocycles. The number of allylic oxidation sites excluding steroid dienone is 1. The summed E-state index contributed by atoms with van der Waals surface area (Å²) < 4.78 is 16.0. The van der Waals surface area contributed by atoms with Gasteiger partial charge in [-0.05, 0) is 25.0 Å². The van der Waals surface area contributed by atoms with Crippen molar-refractivity contribution in [3.8, 4) is 23.5 Å². The van der Waals surface area contributed by atoms with Gasteiger partial charge in [0.15, 0.2) is 5.78 Å². The number of ketones is 1. The second-order valence-electron chi connectivity index (χ2n) is 6.46. The lowest BCUT2D eigenvalue weighted by atomic mass is 10.1. The van der Waals surface area contributed by atoms with E-state index in [1.54, 1.807) is 36.4 Å². The minimum atomic E-state index is -0.130. The molecule has 7 nitrogen and oxygen atoms in total. The maximum absolute atomic E-state index is 12.7. The molecule has 28 heavy (non-hydrogen) atoms. The van der Waals surface area contributed by atoms with Gasteiger partial charge >= 0.3 is 6.01 Å². The van der Waals surface area contributed by atoms with Crippen LogP contribution in [-0.4, -0.2) is 48.0 Å². The standard InChI is InChI=1S/C21H25N3O4/c1-26-19-15-20(27-2)23-21(22-19)28-18-10-6-5-9-16(18)17(25)11-14-24-12-7-3-4-8-13-24/h5-6,9-11,14-15H,3-4,7-8,12-13H2,1-2H3. The molecule has 1 saturated heterocycles. The number of benzene rings is 1. The van der Waals surface area contributed by atoms with Gasteiger partial charge < -0.3 is 19.1 Å². The molecule has 3 rings (SSSR count). The molecule has 0 amide bonds. The molecule has 0 aliphatic carbocycles. The zero-order valence-electron chi connectivity index (χ0n) is 16.3. The van der Waals surface area contributed by atoms with Gasteiger partial charge in [0.1, 0.15) is 5.75 Å². The molecule has 0 N–H and O–H groups in total. The molecule has 1 fully saturated rings. The SMILES string of the molecule is COc1cc(OC)nc(Oc2ccccc2C(=O)C=CN2CCCCCC2)n1. The first-order valence-corrected chi connectivity index (χ1v) is 9.40. The number of hydrogen-bond acceptors (Lipinski definition) is 7. The van der Waals surface area contributed by atoms with Crippen molar-refractivity contribution in [3.63, 3.8) is 0 Å². The van der Waals surface area contributed by atoms with Crippen LogP contribution in [-0.2, 0) is 0 Å². The lowest BCUT2D eigenvalue weighted by molar-refractivity contribution is 0.104. The van der Waals surface area contributed by atoms with Gasteiger partial charge in [-0.15, -0.1) is 0 Å². The van der Waals surface area contributed by atoms with Gasteiger partial charge in [0.05, 0.1) is 25.8 Å². The molecule has 0 unspecified atom stereocenters. The van der Waals surface area contributed by atoms with Crippen molar-refractivity contribution in [1.82, 2.24) is 14.9 Å². The molecular weight excluding hydrogens is 358 g/mol. The van der Waals surface area contributed by atoms with E-state index in [0.29, 0.717) is 23.1 Å². The number of hydrogen-bond donors (Lipinski definition) is 0. The number of ether oxygens (including phenoxy) is 3. The van der Waals surface area contributed by atoms with E-state index in [2.05, 4.69) is 14.9 Å². The summed E-state index contributed by atoms with van der Waals surface area (Å²) in [6.45, 7) is 1.97. The van der Waals surface area contributed by atoms with Crippen LogP contribution < -0.4 is 14.2 Å². The third kappa shape index (κ3) is 5.22. The monoisotopic (exact) mass is 383 g/mol. The highest BCUT2D eigenvalue weighted by Crippen LogP contribution is 2.27. The van der Waals surface area contributed by atoms with Gasteiger partial charge in [0, 0.05) is 25.4 Å². The van der Waals surface area contributed by atoms with E-state index in [4.69, 9.17) is 14.2 Å². The number of rotatable bonds is 7. The maximum atomic E-state index is 12.7. The number of methoxy groups -OCH3 is 2. The molecular formula is C21H25N3O4. The van der Waals surface area contributed by atoms with Crippen molar-refractivity contribution in [2.45, 2.75) is 25.7 Å². The van der Waals surface area contributed by atoms with E-state index in [1.165, 1.54) is 27.1 Å². The minimum Gasteiger partial charge on any atom is -0.481 e. The number of carbonyl (C=O) groups is 1. The summed E-state index contributed by atoms with van der Waals surface area (Å²) in [6, 6.07) is 8.63. The van der Waals surface area contributed by atoms with Gasteiger partial charge in [-0.1, -0.05) is 25.0 Å². The van der Waals surface area contributed by atoms with Gasteiger partial charge in [0.2, 0.25) is 11.8 Å². The highest BCUT2D eigenvalue weighted by atomic mass is 16.5. The molecule has 1 aromatic heterocycles. The highest BCUT2D eigenvalue weighted by molar-refractivity contribution is 6.06. The van der Waals surface area contributed by atoms with Crippen molar-refractivity contribution >= 4 is 5.78 Å². The third-order valence-electron chi connectivity index (χ3n) is 4.51. The Morgan fingerprint density at radius 1 is 1.00 bits per heavy atom. The van der Waals surface area contributed by atoms with Crippen LogP contribution in [0.25, 0.3) is 0 Å². The topological polar surface area (TPSA) is 73.8 Å². The van der Waals surface area contributed by atoms with Crippen LogP contribution in [0.4, 0.5) is 0 Å². The van der Waals surface area contributed by atoms with E-state index in [1.807, 2.05) is 6.20 Å². The molecule has 0 spiro atoms. The Balaban J connectivity index is 1.78. The normalized spacial score (nSPS) is 14.6. The van der Waals surface area contributed by atoms with Crippen molar-refractivity contribution in [2.75, 3.05) is 27.3 Å². The van der Waals surface area contributed by atoms with Crippen molar-refractivity contribution in [1.29, 1.82) is 0 Å². The smallest absolute Gasteiger partial charge is 0.328 e. The van der Waals surface area contributed by atoms with Crippen molar-refractivity contribution in [2.24, 2.45) is 0 Å². The van der Waals surface area contributed by atoms with Gasteiger partial charge in [-0.25, -0.2) is 0 Å². The first kappa shape index (κ1) is 19.7. The van der Waals surface area contributed by atoms with Crippen molar-refractivity contribution < 1.29 is 19.0 Å². The summed E-state index contributed by atoms with van der Waals surface area (Å²) in [6.07, 6.45) is 8.30. The summed E-state index contributed by atoms with van der Waals surface area (Å²) in [4.78, 5) is 23.3. The fourth-order valence-electron chi connectivity index (χ4n) is 3.00. The van der Waals surface area contributed by atoms with Gasteiger partial charge in [-0.3, -0.25) is 4.79 Å². The maximum Gasteiger partial charge on any atom is 0.328 e. The second kappa shape index (κ2) is 9.73. The van der Waals surface area contributed by atoms with E-state index >= 15 is 0 Å². The quantitative estimate of drug-likeness (QED) is 0.531. The molecule has 2 heterocycles. The summed E-state index contributed by atoms with van der Waals surface area (Å²) in [5, 5.41) is 0. The first-order chi connectivity index (χ1) is 13.7. The average molecular weight is 383 g/mol. The van der Waals surface area contributed by atoms with Crippen molar-refractivity contribution in [3.05, 3.63) is 48.2 Å². The molecule has 2 aromatic rings. The summed E-state index contributed by atoms with van der Waals surface area (Å²) >= 11 is 0. The first-order valence-electron chi connectivity index (χ1n) is 9.40. The largest absolute Gasteiger partial charge is 0.481 e. The zero-order chi connectivity index (χ0) is 19.8. The highest BCUT2D eigenvalue weighted by Gasteiger charge is 2.14. The predicted octanol–water partition coefficient (Wildman–Crippen LogP) is 3.86. The summed E-state index contributed by atoms with van der Waals surface area (Å²) in [7, 11) is 2.99. The average Bonchev–Trinajstić information content (AvgIpc) is 3.01. The molecule has 148 valence electrons. The lowest BCUT2D eigenvalue weighted by Gasteiger charge is -2.16. The van der Waals surface area contributed by atoms with Gasteiger partial charge in [-0.2, -0.15) is 9.97 Å². The molecule has 0 atom stereocenters. The van der Waals surface area contributed by atoms with E-state index in [0.717, 1.165) is 25.9 Å². The molecule has 7 heteroatoms. The Hall–Kier alpha value is -3.09. The number of nitrogens with zero attached hydrogens (tertiary/aromatic N) is 3. The fourth-order valence-corrected chi connectivity index (χ4v) is 3.00. The second-order valence-corrected chi connectivity index (χ2v) is 6.46. The van der Waals surface area contributed by atoms with Crippen LogP contribution >= 0.6 is 0 Å². The van der Waals surface area contributed by atoms with Crippen LogP contribution in [0.5, 0.6) is 23.5 Å². The van der Waals surface area contributed by atoms with Crippen LogP contribution in [0, 0.1) is 0 Å². The summed E-state index contributed by atoms with van der Waals surface area (Å²) in [5.74, 6) is 0.872. The Labute approximate surface area is 165 Å². The van der Waals surface area contributed by atoms with Crippen LogP contribution in [0.15, 0.2) is 42.6 Å². The Morgan fingerprint density at radius 3 is 2.29 bits per heavy atom. The zero-order valence-corrected chi connectivity index (χ0v) is 16.3. The Bertz CT molecular complexity index is 808. The molecule has 0 bridgehead atoms.